The average Bonchev–Trinajstić information content (AvgIpc) is 2.64. The highest BCUT2D eigenvalue weighted by atomic mass is 16.2. The largest absolute Gasteiger partial charge is 0.366 e. The Morgan fingerprint density at radius 2 is 1.95 bits per heavy atom. The second kappa shape index (κ2) is 6.68. The summed E-state index contributed by atoms with van der Waals surface area (Å²) in [5.41, 5.74) is 0.384. The molecule has 1 aliphatic rings. The third kappa shape index (κ3) is 3.68. The quantitative estimate of drug-likeness (QED) is 0.862. The lowest BCUT2D eigenvalue weighted by Crippen LogP contribution is -2.27. The van der Waals surface area contributed by atoms with Gasteiger partial charge in [-0.2, -0.15) is 0 Å². The van der Waals surface area contributed by atoms with Crippen LogP contribution in [0.2, 0.25) is 0 Å². The van der Waals surface area contributed by atoms with Crippen molar-refractivity contribution in [3.05, 3.63) is 17.8 Å². The van der Waals surface area contributed by atoms with Crippen molar-refractivity contribution >= 4 is 11.7 Å². The maximum Gasteiger partial charge on any atom is 0.273 e. The minimum Gasteiger partial charge on any atom is -0.366 e. The van der Waals surface area contributed by atoms with Gasteiger partial charge in [0.2, 0.25) is 0 Å². The van der Waals surface area contributed by atoms with Crippen molar-refractivity contribution in [1.29, 1.82) is 0 Å². The van der Waals surface area contributed by atoms with E-state index in [0.717, 1.165) is 5.82 Å². The third-order valence-electron chi connectivity index (χ3n) is 3.98. The highest BCUT2D eigenvalue weighted by molar-refractivity contribution is 5.91. The van der Waals surface area contributed by atoms with E-state index in [9.17, 15) is 4.79 Å². The van der Waals surface area contributed by atoms with Gasteiger partial charge in [-0.05, 0) is 30.9 Å². The number of carbonyl (C=O) groups is 1. The number of hydrogen-bond acceptors (Lipinski definition) is 4. The first-order chi connectivity index (χ1) is 9.58. The molecule has 0 spiro atoms. The van der Waals surface area contributed by atoms with Crippen molar-refractivity contribution in [1.82, 2.24) is 15.1 Å². The van der Waals surface area contributed by atoms with Crippen LogP contribution in [-0.2, 0) is 0 Å². The molecule has 0 aromatic carbocycles. The molecular weight excluding hydrogens is 252 g/mol. The van der Waals surface area contributed by atoms with Gasteiger partial charge in [0.05, 0.1) is 0 Å². The summed E-state index contributed by atoms with van der Waals surface area (Å²) in [5, 5.41) is 11.6. The van der Waals surface area contributed by atoms with Gasteiger partial charge in [-0.3, -0.25) is 4.79 Å². The maximum atomic E-state index is 11.7. The summed E-state index contributed by atoms with van der Waals surface area (Å²) in [5.74, 6) is 1.30. The molecule has 110 valence electrons. The van der Waals surface area contributed by atoms with E-state index >= 15 is 0 Å². The zero-order valence-electron chi connectivity index (χ0n) is 12.6. The van der Waals surface area contributed by atoms with Gasteiger partial charge in [0.15, 0.2) is 5.69 Å². The fourth-order valence-electron chi connectivity index (χ4n) is 2.65. The van der Waals surface area contributed by atoms with E-state index in [4.69, 9.17) is 0 Å². The molecule has 1 saturated carbocycles. The van der Waals surface area contributed by atoms with Crippen molar-refractivity contribution in [3.63, 3.8) is 0 Å². The molecule has 20 heavy (non-hydrogen) atoms. The first-order valence-electron chi connectivity index (χ1n) is 7.40. The monoisotopic (exact) mass is 276 g/mol. The van der Waals surface area contributed by atoms with Crippen molar-refractivity contribution < 1.29 is 4.79 Å². The van der Waals surface area contributed by atoms with Crippen LogP contribution in [0.25, 0.3) is 0 Å². The Kier molecular flexibility index (Phi) is 4.93. The predicted molar refractivity (Wildman–Crippen MR) is 79.7 cm³/mol. The normalized spacial score (nSPS) is 22.9. The van der Waals surface area contributed by atoms with Crippen molar-refractivity contribution in [2.45, 2.75) is 45.1 Å². The lowest BCUT2D eigenvalue weighted by atomic mass is 9.97. The molecule has 5 nitrogen and oxygen atoms in total. The summed E-state index contributed by atoms with van der Waals surface area (Å²) in [4.78, 5) is 13.3. The van der Waals surface area contributed by atoms with Gasteiger partial charge >= 0.3 is 0 Å². The van der Waals surface area contributed by atoms with Crippen LogP contribution in [0.1, 0.15) is 49.5 Å². The van der Waals surface area contributed by atoms with Gasteiger partial charge in [0, 0.05) is 20.1 Å². The van der Waals surface area contributed by atoms with Crippen molar-refractivity contribution in [3.8, 4) is 0 Å². The topological polar surface area (TPSA) is 58.1 Å². The van der Waals surface area contributed by atoms with Crippen LogP contribution >= 0.6 is 0 Å². The van der Waals surface area contributed by atoms with Crippen molar-refractivity contribution in [2.75, 3.05) is 19.4 Å². The molecule has 0 aliphatic heterocycles. The molecule has 1 aliphatic carbocycles. The van der Waals surface area contributed by atoms with Crippen LogP contribution in [0.3, 0.4) is 0 Å². The number of hydrogen-bond donors (Lipinski definition) is 1. The van der Waals surface area contributed by atoms with Gasteiger partial charge in [-0.25, -0.2) is 0 Å². The summed E-state index contributed by atoms with van der Waals surface area (Å²) < 4.78 is 0. The molecule has 1 amide bonds. The van der Waals surface area contributed by atoms with E-state index in [2.05, 4.69) is 22.4 Å². The molecule has 1 heterocycles. The molecule has 2 rings (SSSR count). The second-order valence-corrected chi connectivity index (χ2v) is 5.87. The standard InChI is InChI=1S/C15H24N4O/c1-11-7-5-4-6-8-12(11)16-14-10-9-13(17-18-14)15(20)19(2)3/h9-12H,4-8H2,1-3H3,(H,16,18). The van der Waals surface area contributed by atoms with Crippen molar-refractivity contribution in [2.24, 2.45) is 5.92 Å². The molecule has 1 aromatic heterocycles. The highest BCUT2D eigenvalue weighted by Crippen LogP contribution is 2.25. The molecule has 2 atom stereocenters. The molecule has 2 unspecified atom stereocenters. The van der Waals surface area contributed by atoms with Crippen LogP contribution in [0.15, 0.2) is 12.1 Å². The summed E-state index contributed by atoms with van der Waals surface area (Å²) in [6, 6.07) is 4.04. The van der Waals surface area contributed by atoms with Gasteiger partial charge in [-0.1, -0.05) is 26.2 Å². The van der Waals surface area contributed by atoms with Crippen LogP contribution in [0.5, 0.6) is 0 Å². The van der Waals surface area contributed by atoms with Gasteiger partial charge in [0.1, 0.15) is 5.82 Å². The molecule has 1 aromatic rings. The van der Waals surface area contributed by atoms with Gasteiger partial charge in [-0.15, -0.1) is 10.2 Å². The van der Waals surface area contributed by atoms with Crippen LogP contribution in [-0.4, -0.2) is 41.1 Å². The summed E-state index contributed by atoms with van der Waals surface area (Å²) in [6.07, 6.45) is 6.36. The van der Waals surface area contributed by atoms with E-state index in [1.54, 1.807) is 20.2 Å². The summed E-state index contributed by atoms with van der Waals surface area (Å²) in [7, 11) is 3.42. The summed E-state index contributed by atoms with van der Waals surface area (Å²) >= 11 is 0. The SMILES string of the molecule is CC1CCCCCC1Nc1ccc(C(=O)N(C)C)nn1. The smallest absolute Gasteiger partial charge is 0.273 e. The Morgan fingerprint density at radius 1 is 1.20 bits per heavy atom. The lowest BCUT2D eigenvalue weighted by Gasteiger charge is -2.23. The first kappa shape index (κ1) is 14.8. The van der Waals surface area contributed by atoms with E-state index in [1.807, 2.05) is 6.07 Å². The van der Waals surface area contributed by atoms with Crippen LogP contribution < -0.4 is 5.32 Å². The minimum absolute atomic E-state index is 0.119. The fraction of sp³-hybridized carbons (Fsp3) is 0.667. The highest BCUT2D eigenvalue weighted by Gasteiger charge is 2.20. The lowest BCUT2D eigenvalue weighted by molar-refractivity contribution is 0.0821. The number of anilines is 1. The number of nitrogens with zero attached hydrogens (tertiary/aromatic N) is 3. The minimum atomic E-state index is -0.119. The number of rotatable bonds is 3. The average molecular weight is 276 g/mol. The number of amides is 1. The molecule has 1 fully saturated rings. The van der Waals surface area contributed by atoms with E-state index < -0.39 is 0 Å². The number of carbonyl (C=O) groups excluding carboxylic acids is 1. The molecule has 1 N–H and O–H groups in total. The third-order valence-corrected chi connectivity index (χ3v) is 3.98. The molecule has 5 heteroatoms. The Bertz CT molecular complexity index is 444. The number of aromatic nitrogens is 2. The fourth-order valence-corrected chi connectivity index (χ4v) is 2.65. The molecule has 0 saturated heterocycles. The van der Waals surface area contributed by atoms with Gasteiger partial charge in [0.25, 0.3) is 5.91 Å². The Labute approximate surface area is 120 Å². The Hall–Kier alpha value is -1.65. The molecule has 0 bridgehead atoms. The zero-order chi connectivity index (χ0) is 14.5. The van der Waals surface area contributed by atoms with Gasteiger partial charge < -0.3 is 10.2 Å². The first-order valence-corrected chi connectivity index (χ1v) is 7.40. The Morgan fingerprint density at radius 3 is 2.60 bits per heavy atom. The van der Waals surface area contributed by atoms with E-state index in [1.165, 1.54) is 37.0 Å². The number of nitrogens with one attached hydrogen (secondary N) is 1. The Balaban J connectivity index is 2.01. The van der Waals surface area contributed by atoms with E-state index in [0.29, 0.717) is 17.7 Å². The maximum absolute atomic E-state index is 11.7. The molecular formula is C15H24N4O. The molecule has 0 radical (unpaired) electrons. The summed E-state index contributed by atoms with van der Waals surface area (Å²) in [6.45, 7) is 2.29. The van der Waals surface area contributed by atoms with Crippen LogP contribution in [0.4, 0.5) is 5.82 Å². The second-order valence-electron chi connectivity index (χ2n) is 5.87. The van der Waals surface area contributed by atoms with Crippen LogP contribution in [0, 0.1) is 5.92 Å². The van der Waals surface area contributed by atoms with E-state index in [-0.39, 0.29) is 5.91 Å². The zero-order valence-corrected chi connectivity index (χ0v) is 12.6. The predicted octanol–water partition coefficient (Wildman–Crippen LogP) is 2.56.